The molecule has 10 heteroatoms. The quantitative estimate of drug-likeness (QED) is 0.347. The zero-order chi connectivity index (χ0) is 26.8. The fraction of sp³-hybridized carbons (Fsp3) is 0.148. The van der Waals surface area contributed by atoms with E-state index in [2.05, 4.69) is 10.0 Å². The number of carbonyl (C=O) groups is 1. The third kappa shape index (κ3) is 7.52. The summed E-state index contributed by atoms with van der Waals surface area (Å²) in [6, 6.07) is 17.1. The van der Waals surface area contributed by atoms with Gasteiger partial charge in [-0.15, -0.1) is 0 Å². The molecule has 3 rings (SSSR count). The molecule has 0 aliphatic rings. The molecule has 37 heavy (non-hydrogen) atoms. The van der Waals surface area contributed by atoms with E-state index in [4.69, 9.17) is 18.9 Å². The highest BCUT2D eigenvalue weighted by atomic mass is 32.2. The molecule has 0 atom stereocenters. The fourth-order valence-corrected chi connectivity index (χ4v) is 4.17. The van der Waals surface area contributed by atoms with Gasteiger partial charge in [0.2, 0.25) is 5.91 Å². The van der Waals surface area contributed by atoms with Crippen LogP contribution in [0.15, 0.2) is 72.1 Å². The number of amides is 1. The summed E-state index contributed by atoms with van der Waals surface area (Å²) in [5.41, 5.74) is 1.81. The van der Waals surface area contributed by atoms with Gasteiger partial charge in [-0.05, 0) is 35.9 Å². The molecule has 0 heterocycles. The van der Waals surface area contributed by atoms with Gasteiger partial charge in [-0.1, -0.05) is 30.3 Å². The monoisotopic (exact) mass is 524 g/mol. The molecule has 0 radical (unpaired) electrons. The van der Waals surface area contributed by atoms with Gasteiger partial charge in [0.15, 0.2) is 0 Å². The topological polar surface area (TPSA) is 112 Å². The van der Waals surface area contributed by atoms with Crippen molar-refractivity contribution < 1.29 is 32.2 Å². The summed E-state index contributed by atoms with van der Waals surface area (Å²) < 4.78 is 49.3. The number of methoxy groups -OCH3 is 4. The Balaban J connectivity index is 1.80. The summed E-state index contributed by atoms with van der Waals surface area (Å²) >= 11 is 0. The minimum absolute atomic E-state index is 0.224. The summed E-state index contributed by atoms with van der Waals surface area (Å²) in [5.74, 6) is 1.22. The van der Waals surface area contributed by atoms with E-state index in [9.17, 15) is 13.2 Å². The Labute approximate surface area is 216 Å². The maximum absolute atomic E-state index is 12.8. The van der Waals surface area contributed by atoms with Crippen LogP contribution in [-0.4, -0.2) is 42.8 Å². The van der Waals surface area contributed by atoms with Crippen molar-refractivity contribution in [1.82, 2.24) is 0 Å². The number of ether oxygens (including phenoxy) is 4. The summed E-state index contributed by atoms with van der Waals surface area (Å²) in [6.07, 6.45) is 4.41. The van der Waals surface area contributed by atoms with Crippen LogP contribution in [-0.2, 0) is 14.8 Å². The molecule has 0 aliphatic heterocycles. The molecule has 3 aromatic carbocycles. The second kappa shape index (κ2) is 12.5. The van der Waals surface area contributed by atoms with Gasteiger partial charge in [0.25, 0.3) is 10.0 Å². The molecular formula is C27H28N2O7S. The van der Waals surface area contributed by atoms with Crippen molar-refractivity contribution in [2.45, 2.75) is 0 Å². The largest absolute Gasteiger partial charge is 0.496 e. The molecule has 0 bridgehead atoms. The van der Waals surface area contributed by atoms with Crippen molar-refractivity contribution in [2.75, 3.05) is 38.5 Å². The molecule has 3 aromatic rings. The van der Waals surface area contributed by atoms with E-state index in [0.29, 0.717) is 34.2 Å². The SMILES string of the molecule is COc1cc(OC)c(C=CS(=O)(=O)Nc2ccc(OC)c(NC(=O)C=Cc3ccccc3)c2)c(OC)c1. The summed E-state index contributed by atoms with van der Waals surface area (Å²) in [4.78, 5) is 12.4. The first-order chi connectivity index (χ1) is 17.8. The van der Waals surface area contributed by atoms with Crippen LogP contribution in [0.25, 0.3) is 12.2 Å². The number of sulfonamides is 1. The molecule has 0 saturated heterocycles. The lowest BCUT2D eigenvalue weighted by molar-refractivity contribution is -0.111. The molecule has 0 saturated carbocycles. The molecule has 0 unspecified atom stereocenters. The van der Waals surface area contributed by atoms with Crippen LogP contribution in [0.3, 0.4) is 0 Å². The third-order valence-corrected chi connectivity index (χ3v) is 6.13. The average Bonchev–Trinajstić information content (AvgIpc) is 2.90. The minimum atomic E-state index is -3.95. The van der Waals surface area contributed by atoms with Crippen molar-refractivity contribution in [3.63, 3.8) is 0 Å². The Hall–Kier alpha value is -4.44. The summed E-state index contributed by atoms with van der Waals surface area (Å²) in [7, 11) is 1.92. The first-order valence-electron chi connectivity index (χ1n) is 11.0. The Morgan fingerprint density at radius 2 is 1.43 bits per heavy atom. The Kier molecular flexibility index (Phi) is 9.17. The summed E-state index contributed by atoms with van der Waals surface area (Å²) in [5, 5.41) is 3.70. The summed E-state index contributed by atoms with van der Waals surface area (Å²) in [6.45, 7) is 0. The smallest absolute Gasteiger partial charge is 0.255 e. The highest BCUT2D eigenvalue weighted by molar-refractivity contribution is 7.95. The lowest BCUT2D eigenvalue weighted by atomic mass is 10.1. The van der Waals surface area contributed by atoms with E-state index in [1.165, 1.54) is 52.7 Å². The second-order valence-electron chi connectivity index (χ2n) is 7.54. The molecule has 1 amide bonds. The maximum atomic E-state index is 12.8. The van der Waals surface area contributed by atoms with E-state index in [-0.39, 0.29) is 5.69 Å². The van der Waals surface area contributed by atoms with Gasteiger partial charge in [0, 0.05) is 18.2 Å². The number of anilines is 2. The first kappa shape index (κ1) is 27.2. The molecule has 9 nitrogen and oxygen atoms in total. The van der Waals surface area contributed by atoms with Crippen molar-refractivity contribution in [3.05, 3.63) is 83.3 Å². The molecule has 0 fully saturated rings. The number of hydrogen-bond acceptors (Lipinski definition) is 7. The van der Waals surface area contributed by atoms with E-state index >= 15 is 0 Å². The van der Waals surface area contributed by atoms with E-state index in [1.807, 2.05) is 30.3 Å². The van der Waals surface area contributed by atoms with Crippen molar-refractivity contribution in [2.24, 2.45) is 0 Å². The molecule has 0 spiro atoms. The number of rotatable bonds is 11. The molecular weight excluding hydrogens is 496 g/mol. The Morgan fingerprint density at radius 1 is 0.784 bits per heavy atom. The van der Waals surface area contributed by atoms with Crippen LogP contribution in [0.1, 0.15) is 11.1 Å². The van der Waals surface area contributed by atoms with Crippen LogP contribution in [0.4, 0.5) is 11.4 Å². The molecule has 0 aromatic heterocycles. The van der Waals surface area contributed by atoms with Crippen LogP contribution < -0.4 is 29.0 Å². The van der Waals surface area contributed by atoms with Gasteiger partial charge >= 0.3 is 0 Å². The van der Waals surface area contributed by atoms with Gasteiger partial charge in [-0.3, -0.25) is 9.52 Å². The van der Waals surface area contributed by atoms with Crippen molar-refractivity contribution in [3.8, 4) is 23.0 Å². The van der Waals surface area contributed by atoms with Crippen LogP contribution in [0, 0.1) is 0 Å². The number of nitrogens with one attached hydrogen (secondary N) is 2. The van der Waals surface area contributed by atoms with Crippen molar-refractivity contribution in [1.29, 1.82) is 0 Å². The van der Waals surface area contributed by atoms with Gasteiger partial charge in [-0.2, -0.15) is 0 Å². The minimum Gasteiger partial charge on any atom is -0.496 e. The van der Waals surface area contributed by atoms with Gasteiger partial charge in [0.1, 0.15) is 23.0 Å². The average molecular weight is 525 g/mol. The van der Waals surface area contributed by atoms with Crippen LogP contribution in [0.5, 0.6) is 23.0 Å². The third-order valence-electron chi connectivity index (χ3n) is 5.11. The highest BCUT2D eigenvalue weighted by Gasteiger charge is 2.14. The van der Waals surface area contributed by atoms with Crippen molar-refractivity contribution >= 4 is 39.5 Å². The highest BCUT2D eigenvalue weighted by Crippen LogP contribution is 2.35. The normalized spacial score (nSPS) is 11.4. The maximum Gasteiger partial charge on any atom is 0.255 e. The zero-order valence-corrected chi connectivity index (χ0v) is 21.7. The standard InChI is InChI=1S/C27H28N2O7S/c1-33-21-17-25(35-3)22(26(18-21)36-4)14-15-37(31,32)29-20-11-12-24(34-2)23(16-20)28-27(30)13-10-19-8-6-5-7-9-19/h5-18,29H,1-4H3,(H,28,30). The first-order valence-corrected chi connectivity index (χ1v) is 12.6. The zero-order valence-electron chi connectivity index (χ0n) is 20.8. The predicted octanol–water partition coefficient (Wildman–Crippen LogP) is 4.79. The van der Waals surface area contributed by atoms with Crippen LogP contribution in [0.2, 0.25) is 0 Å². The second-order valence-corrected chi connectivity index (χ2v) is 9.11. The Morgan fingerprint density at radius 3 is 2.03 bits per heavy atom. The van der Waals surface area contributed by atoms with E-state index in [1.54, 1.807) is 24.3 Å². The van der Waals surface area contributed by atoms with Gasteiger partial charge in [-0.25, -0.2) is 8.42 Å². The number of carbonyl (C=O) groups excluding carboxylic acids is 1. The van der Waals surface area contributed by atoms with Crippen LogP contribution >= 0.6 is 0 Å². The molecule has 0 aliphatic carbocycles. The Bertz CT molecular complexity index is 1380. The predicted molar refractivity (Wildman–Crippen MR) is 145 cm³/mol. The van der Waals surface area contributed by atoms with Gasteiger partial charge < -0.3 is 24.3 Å². The lowest BCUT2D eigenvalue weighted by Crippen LogP contribution is -2.12. The number of hydrogen-bond donors (Lipinski definition) is 2. The molecule has 2 N–H and O–H groups in total. The van der Waals surface area contributed by atoms with Gasteiger partial charge in [0.05, 0.1) is 50.8 Å². The van der Waals surface area contributed by atoms with E-state index in [0.717, 1.165) is 11.0 Å². The lowest BCUT2D eigenvalue weighted by Gasteiger charge is -2.13. The van der Waals surface area contributed by atoms with E-state index < -0.39 is 15.9 Å². The molecule has 194 valence electrons. The fourth-order valence-electron chi connectivity index (χ4n) is 3.33. The number of benzene rings is 3.